The zero-order chi connectivity index (χ0) is 14.8. The maximum atomic E-state index is 11.7. The van der Waals surface area contributed by atoms with Gasteiger partial charge in [-0.25, -0.2) is 4.79 Å². The van der Waals surface area contributed by atoms with E-state index < -0.39 is 11.5 Å². The van der Waals surface area contributed by atoms with E-state index in [0.29, 0.717) is 6.41 Å². The first-order valence-electron chi connectivity index (χ1n) is 6.61. The highest BCUT2D eigenvalue weighted by Gasteiger charge is 2.45. The monoisotopic (exact) mass is 277 g/mol. The minimum absolute atomic E-state index is 0.0619. The van der Waals surface area contributed by atoms with Gasteiger partial charge in [0, 0.05) is 12.5 Å². The molecule has 5 nitrogen and oxygen atoms in total. The second-order valence-electron chi connectivity index (χ2n) is 5.35. The van der Waals surface area contributed by atoms with Gasteiger partial charge in [-0.05, 0) is 37.5 Å². The number of carboxylic acids is 1. The number of benzene rings is 1. The molecule has 1 atom stereocenters. The van der Waals surface area contributed by atoms with Gasteiger partial charge in [0.2, 0.25) is 6.41 Å². The van der Waals surface area contributed by atoms with Crippen molar-refractivity contribution in [3.63, 3.8) is 0 Å². The molecular weight excluding hydrogens is 258 g/mol. The third-order valence-corrected chi connectivity index (χ3v) is 3.79. The van der Waals surface area contributed by atoms with E-state index in [1.165, 1.54) is 4.90 Å². The van der Waals surface area contributed by atoms with Crippen LogP contribution in [0.5, 0.6) is 5.75 Å². The summed E-state index contributed by atoms with van der Waals surface area (Å²) in [5.74, 6) is -0.257. The molecule has 1 aromatic carbocycles. The highest BCUT2D eigenvalue weighted by Crippen LogP contribution is 2.33. The molecule has 0 spiro atoms. The smallest absolute Gasteiger partial charge is 0.329 e. The number of hydrogen-bond acceptors (Lipinski definition) is 3. The zero-order valence-electron chi connectivity index (χ0n) is 11.7. The maximum Gasteiger partial charge on any atom is 0.329 e. The van der Waals surface area contributed by atoms with E-state index >= 15 is 0 Å². The normalized spacial score (nSPS) is 17.1. The quantitative estimate of drug-likeness (QED) is 0.770. The lowest BCUT2D eigenvalue weighted by atomic mass is 9.91. The van der Waals surface area contributed by atoms with Crippen LogP contribution in [-0.2, 0) is 16.0 Å². The van der Waals surface area contributed by atoms with Crippen molar-refractivity contribution in [2.45, 2.75) is 37.8 Å². The van der Waals surface area contributed by atoms with Crippen LogP contribution in [0.25, 0.3) is 0 Å². The number of nitrogens with zero attached hydrogens (tertiary/aromatic N) is 1. The molecule has 0 aromatic heterocycles. The number of carbonyl (C=O) groups is 2. The number of hydrogen-bond donors (Lipinski definition) is 1. The van der Waals surface area contributed by atoms with Gasteiger partial charge in [-0.2, -0.15) is 0 Å². The van der Waals surface area contributed by atoms with Crippen molar-refractivity contribution in [3.8, 4) is 5.75 Å². The molecule has 0 aliphatic heterocycles. The van der Waals surface area contributed by atoms with Gasteiger partial charge in [0.25, 0.3) is 0 Å². The van der Waals surface area contributed by atoms with Crippen molar-refractivity contribution in [1.82, 2.24) is 4.90 Å². The zero-order valence-corrected chi connectivity index (χ0v) is 11.7. The number of carbonyl (C=O) groups excluding carboxylic acids is 1. The summed E-state index contributed by atoms with van der Waals surface area (Å²) in [7, 11) is 1.58. The lowest BCUT2D eigenvalue weighted by Gasteiger charge is -2.35. The molecule has 20 heavy (non-hydrogen) atoms. The van der Waals surface area contributed by atoms with Gasteiger partial charge >= 0.3 is 5.97 Å². The third-order valence-electron chi connectivity index (χ3n) is 3.79. The molecule has 1 aliphatic rings. The summed E-state index contributed by atoms with van der Waals surface area (Å²) in [6.45, 7) is 1.60. The molecule has 1 aliphatic carbocycles. The van der Waals surface area contributed by atoms with Crippen LogP contribution >= 0.6 is 0 Å². The molecule has 1 amide bonds. The first-order chi connectivity index (χ1) is 9.51. The van der Waals surface area contributed by atoms with E-state index in [2.05, 4.69) is 0 Å². The molecule has 1 fully saturated rings. The van der Waals surface area contributed by atoms with Crippen LogP contribution in [0.4, 0.5) is 0 Å². The molecule has 0 saturated heterocycles. The second-order valence-corrected chi connectivity index (χ2v) is 5.35. The van der Waals surface area contributed by atoms with Gasteiger partial charge in [-0.1, -0.05) is 12.1 Å². The Morgan fingerprint density at radius 2 is 2.05 bits per heavy atom. The minimum Gasteiger partial charge on any atom is -0.497 e. The Morgan fingerprint density at radius 3 is 2.45 bits per heavy atom. The number of methoxy groups -OCH3 is 1. The van der Waals surface area contributed by atoms with Crippen molar-refractivity contribution in [2.75, 3.05) is 7.11 Å². The summed E-state index contributed by atoms with van der Waals surface area (Å²) in [5.41, 5.74) is -0.347. The highest BCUT2D eigenvalue weighted by molar-refractivity contribution is 5.81. The Morgan fingerprint density at radius 1 is 1.45 bits per heavy atom. The fraction of sp³-hybridized carbons (Fsp3) is 0.467. The first kappa shape index (κ1) is 14.4. The number of aliphatic carboxylic acids is 1. The Kier molecular flexibility index (Phi) is 3.97. The Hall–Kier alpha value is -2.04. The summed E-state index contributed by atoms with van der Waals surface area (Å²) in [4.78, 5) is 24.4. The van der Waals surface area contributed by atoms with E-state index in [0.717, 1.165) is 24.2 Å². The Labute approximate surface area is 118 Å². The molecule has 1 N–H and O–H groups in total. The number of carboxylic acid groups (broad SMARTS) is 1. The lowest BCUT2D eigenvalue weighted by molar-refractivity contribution is -0.154. The second kappa shape index (κ2) is 5.53. The van der Waals surface area contributed by atoms with E-state index in [9.17, 15) is 14.7 Å². The highest BCUT2D eigenvalue weighted by atomic mass is 16.5. The van der Waals surface area contributed by atoms with Crippen molar-refractivity contribution in [1.29, 1.82) is 0 Å². The molecule has 1 saturated carbocycles. The molecule has 108 valence electrons. The van der Waals surface area contributed by atoms with E-state index in [1.54, 1.807) is 26.2 Å². The molecule has 0 bridgehead atoms. The van der Waals surface area contributed by atoms with Crippen LogP contribution in [-0.4, -0.2) is 41.1 Å². The van der Waals surface area contributed by atoms with Gasteiger partial charge in [0.15, 0.2) is 0 Å². The van der Waals surface area contributed by atoms with Crippen LogP contribution in [0.1, 0.15) is 25.3 Å². The Balaban J connectivity index is 2.23. The lowest BCUT2D eigenvalue weighted by Crippen LogP contribution is -2.54. The summed E-state index contributed by atoms with van der Waals surface area (Å²) in [6, 6.07) is 7.30. The SMILES string of the molecule is COc1ccc(CC(C)(C(=O)O)N(C=O)C2CC2)cc1. The molecule has 1 aromatic rings. The van der Waals surface area contributed by atoms with Crippen molar-refractivity contribution in [3.05, 3.63) is 29.8 Å². The fourth-order valence-corrected chi connectivity index (χ4v) is 2.38. The molecule has 2 rings (SSSR count). The van der Waals surface area contributed by atoms with Gasteiger partial charge < -0.3 is 14.7 Å². The molecule has 0 heterocycles. The van der Waals surface area contributed by atoms with Crippen LogP contribution in [0.15, 0.2) is 24.3 Å². The maximum absolute atomic E-state index is 11.7. The van der Waals surface area contributed by atoms with Crippen LogP contribution in [0, 0.1) is 0 Å². The van der Waals surface area contributed by atoms with E-state index in [1.807, 2.05) is 12.1 Å². The molecule has 1 unspecified atom stereocenters. The summed E-state index contributed by atoms with van der Waals surface area (Å²) in [6.07, 6.45) is 2.70. The number of amides is 1. The molecule has 0 radical (unpaired) electrons. The summed E-state index contributed by atoms with van der Waals surface area (Å²) >= 11 is 0. The van der Waals surface area contributed by atoms with Gasteiger partial charge in [0.05, 0.1) is 7.11 Å². The van der Waals surface area contributed by atoms with Crippen LogP contribution in [0.2, 0.25) is 0 Å². The predicted molar refractivity (Wildman–Crippen MR) is 73.7 cm³/mol. The van der Waals surface area contributed by atoms with Crippen molar-refractivity contribution < 1.29 is 19.4 Å². The topological polar surface area (TPSA) is 66.8 Å². The standard InChI is InChI=1S/C15H19NO4/c1-15(14(18)19,16(10-17)12-5-6-12)9-11-3-7-13(20-2)8-4-11/h3-4,7-8,10,12H,5-6,9H2,1-2H3,(H,18,19). The van der Waals surface area contributed by atoms with Gasteiger partial charge in [-0.3, -0.25) is 4.79 Å². The largest absolute Gasteiger partial charge is 0.497 e. The minimum atomic E-state index is -1.21. The Bertz CT molecular complexity index is 495. The fourth-order valence-electron chi connectivity index (χ4n) is 2.38. The first-order valence-corrected chi connectivity index (χ1v) is 6.61. The molecular formula is C15H19NO4. The van der Waals surface area contributed by atoms with Gasteiger partial charge in [-0.15, -0.1) is 0 Å². The average Bonchev–Trinajstić information content (AvgIpc) is 3.25. The van der Waals surface area contributed by atoms with E-state index in [4.69, 9.17) is 4.74 Å². The van der Waals surface area contributed by atoms with Crippen molar-refractivity contribution >= 4 is 12.4 Å². The van der Waals surface area contributed by atoms with Crippen molar-refractivity contribution in [2.24, 2.45) is 0 Å². The summed E-state index contributed by atoms with van der Waals surface area (Å²) < 4.78 is 5.08. The average molecular weight is 277 g/mol. The molecule has 5 heteroatoms. The predicted octanol–water partition coefficient (Wildman–Crippen LogP) is 1.70. The van der Waals surface area contributed by atoms with Gasteiger partial charge in [0.1, 0.15) is 11.3 Å². The third kappa shape index (κ3) is 2.76. The van der Waals surface area contributed by atoms with Crippen LogP contribution < -0.4 is 4.74 Å². The number of rotatable bonds is 7. The van der Waals surface area contributed by atoms with E-state index in [-0.39, 0.29) is 12.5 Å². The number of ether oxygens (including phenoxy) is 1. The van der Waals surface area contributed by atoms with Crippen LogP contribution in [0.3, 0.4) is 0 Å². The summed E-state index contributed by atoms with van der Waals surface area (Å²) in [5, 5.41) is 9.55.